The number of methoxy groups -OCH3 is 2. The number of rotatable bonds is 6. The predicted molar refractivity (Wildman–Crippen MR) is 99.1 cm³/mol. The maximum Gasteiger partial charge on any atom is 0.269 e. The molecule has 0 aliphatic carbocycles. The van der Waals surface area contributed by atoms with Crippen LogP contribution in [0.1, 0.15) is 11.5 Å². The van der Waals surface area contributed by atoms with Crippen molar-refractivity contribution in [1.82, 2.24) is 10.1 Å². The zero-order valence-electron chi connectivity index (χ0n) is 14.7. The largest absolute Gasteiger partial charge is 0.868 e. The lowest BCUT2D eigenvalue weighted by Crippen LogP contribution is -1.97. The first kappa shape index (κ1) is 19.2. The Bertz CT molecular complexity index is 1060. The Balaban J connectivity index is 1.90. The van der Waals surface area contributed by atoms with Crippen molar-refractivity contribution in [2.24, 2.45) is 0 Å². The van der Waals surface area contributed by atoms with Crippen LogP contribution in [-0.2, 0) is 0 Å². The summed E-state index contributed by atoms with van der Waals surface area (Å²) in [4.78, 5) is 14.3. The Morgan fingerprint density at radius 1 is 1.18 bits per heavy atom. The fourth-order valence-electron chi connectivity index (χ4n) is 2.39. The highest BCUT2D eigenvalue weighted by Gasteiger charge is 2.15. The third-order valence-corrected chi connectivity index (χ3v) is 4.02. The Hall–Kier alpha value is -3.59. The molecule has 0 saturated carbocycles. The van der Waals surface area contributed by atoms with Gasteiger partial charge in [0, 0.05) is 11.6 Å². The number of nitro benzene ring substituents is 1. The summed E-state index contributed by atoms with van der Waals surface area (Å²) in [5, 5.41) is 26.3. The second-order valence-electron chi connectivity index (χ2n) is 5.47. The maximum absolute atomic E-state index is 11.5. The third-order valence-electron chi connectivity index (χ3n) is 3.75. The number of hydrogen-bond acceptors (Lipinski definition) is 8. The first-order chi connectivity index (χ1) is 13.4. The van der Waals surface area contributed by atoms with Crippen LogP contribution in [0.2, 0.25) is 0 Å². The number of nitro groups is 1. The second kappa shape index (κ2) is 7.97. The molecule has 9 nitrogen and oxygen atoms in total. The first-order valence-electron chi connectivity index (χ1n) is 7.82. The van der Waals surface area contributed by atoms with Gasteiger partial charge in [-0.2, -0.15) is 4.98 Å². The van der Waals surface area contributed by atoms with Gasteiger partial charge in [0.2, 0.25) is 5.82 Å². The van der Waals surface area contributed by atoms with Gasteiger partial charge in [0.25, 0.3) is 11.6 Å². The highest BCUT2D eigenvalue weighted by Crippen LogP contribution is 2.32. The van der Waals surface area contributed by atoms with E-state index in [4.69, 9.17) is 25.6 Å². The van der Waals surface area contributed by atoms with E-state index in [0.717, 1.165) is 12.1 Å². The van der Waals surface area contributed by atoms with E-state index >= 15 is 0 Å². The standard InChI is InChI=1S/C18H14ClN3O6/c1-26-15-6-4-11(9-16(15)27-2)17-20-18(28-21-17)12(19)7-10-3-5-14(23)13(8-10)22(24)25/h3-9,23H,1-2H3/p-1/b12-7-. The molecule has 0 aliphatic rings. The lowest BCUT2D eigenvalue weighted by molar-refractivity contribution is -0.398. The fraction of sp³-hybridized carbons (Fsp3) is 0.111. The molecule has 10 heteroatoms. The highest BCUT2D eigenvalue weighted by atomic mass is 35.5. The molecule has 2 aromatic carbocycles. The number of hydrogen-bond donors (Lipinski definition) is 0. The maximum atomic E-state index is 11.5. The van der Waals surface area contributed by atoms with Crippen molar-refractivity contribution in [3.8, 4) is 28.6 Å². The summed E-state index contributed by atoms with van der Waals surface area (Å²) in [6, 6.07) is 8.73. The minimum atomic E-state index is -0.755. The molecule has 0 spiro atoms. The van der Waals surface area contributed by atoms with Gasteiger partial charge in [-0.3, -0.25) is 10.1 Å². The van der Waals surface area contributed by atoms with Crippen molar-refractivity contribution in [1.29, 1.82) is 0 Å². The van der Waals surface area contributed by atoms with Crippen molar-refractivity contribution in [3.63, 3.8) is 0 Å². The Morgan fingerprint density at radius 3 is 2.61 bits per heavy atom. The summed E-state index contributed by atoms with van der Waals surface area (Å²) in [6.45, 7) is 0. The molecular formula is C18H13ClN3O6-. The average Bonchev–Trinajstić information content (AvgIpc) is 3.19. The smallest absolute Gasteiger partial charge is 0.269 e. The number of nitrogens with zero attached hydrogens (tertiary/aromatic N) is 3. The molecule has 1 heterocycles. The number of aromatic nitrogens is 2. The molecule has 0 aliphatic heterocycles. The van der Waals surface area contributed by atoms with E-state index < -0.39 is 16.4 Å². The van der Waals surface area contributed by atoms with Crippen LogP contribution in [0.25, 0.3) is 22.5 Å². The molecule has 0 amide bonds. The van der Waals surface area contributed by atoms with Gasteiger partial charge in [-0.15, -0.1) is 0 Å². The molecule has 0 saturated heterocycles. The molecule has 28 heavy (non-hydrogen) atoms. The topological polar surface area (TPSA) is 124 Å². The Morgan fingerprint density at radius 2 is 1.93 bits per heavy atom. The van der Waals surface area contributed by atoms with Crippen LogP contribution in [0.15, 0.2) is 40.9 Å². The van der Waals surface area contributed by atoms with E-state index in [9.17, 15) is 15.2 Å². The number of halogens is 1. The van der Waals surface area contributed by atoms with Crippen LogP contribution >= 0.6 is 11.6 Å². The predicted octanol–water partition coefficient (Wildman–Crippen LogP) is 3.47. The van der Waals surface area contributed by atoms with Gasteiger partial charge in [-0.05, 0) is 35.6 Å². The molecule has 0 atom stereocenters. The van der Waals surface area contributed by atoms with E-state index in [2.05, 4.69) is 10.1 Å². The molecule has 0 N–H and O–H groups in total. The van der Waals surface area contributed by atoms with Crippen LogP contribution < -0.4 is 14.6 Å². The van der Waals surface area contributed by atoms with E-state index in [-0.39, 0.29) is 16.7 Å². The lowest BCUT2D eigenvalue weighted by Gasteiger charge is -2.07. The monoisotopic (exact) mass is 402 g/mol. The van der Waals surface area contributed by atoms with Crippen LogP contribution in [0, 0.1) is 10.1 Å². The van der Waals surface area contributed by atoms with Crippen molar-refractivity contribution < 1.29 is 24.0 Å². The summed E-state index contributed by atoms with van der Waals surface area (Å²) in [6.07, 6.45) is 1.39. The third kappa shape index (κ3) is 3.89. The molecule has 0 radical (unpaired) electrons. The second-order valence-corrected chi connectivity index (χ2v) is 5.88. The molecule has 0 fully saturated rings. The minimum absolute atomic E-state index is 0.0142. The van der Waals surface area contributed by atoms with Crippen molar-refractivity contribution >= 4 is 28.4 Å². The van der Waals surface area contributed by atoms with E-state index in [0.29, 0.717) is 22.6 Å². The molecule has 3 rings (SSSR count). The SMILES string of the molecule is COc1ccc(-c2noc(/C(Cl)=C/c3ccc([O-])c([N+](=O)[O-])c3)n2)cc1OC. The van der Waals surface area contributed by atoms with Crippen LogP contribution in [0.3, 0.4) is 0 Å². The number of benzene rings is 2. The summed E-state index contributed by atoms with van der Waals surface area (Å²) in [7, 11) is 3.04. The lowest BCUT2D eigenvalue weighted by atomic mass is 10.1. The zero-order valence-corrected chi connectivity index (χ0v) is 15.5. The normalized spacial score (nSPS) is 11.3. The Labute approximate surface area is 163 Å². The van der Waals surface area contributed by atoms with Gasteiger partial charge in [0.1, 0.15) is 5.03 Å². The summed E-state index contributed by atoms with van der Waals surface area (Å²) < 4.78 is 15.6. The average molecular weight is 403 g/mol. The van der Waals surface area contributed by atoms with Crippen molar-refractivity contribution in [3.05, 3.63) is 58.0 Å². The summed E-state index contributed by atoms with van der Waals surface area (Å²) in [5.74, 6) is 0.643. The molecule has 1 aromatic heterocycles. The zero-order chi connectivity index (χ0) is 20.3. The van der Waals surface area contributed by atoms with E-state index in [1.165, 1.54) is 26.4 Å². The van der Waals surface area contributed by atoms with Gasteiger partial charge >= 0.3 is 0 Å². The number of ether oxygens (including phenoxy) is 2. The van der Waals surface area contributed by atoms with Gasteiger partial charge in [-0.1, -0.05) is 28.9 Å². The van der Waals surface area contributed by atoms with Crippen molar-refractivity contribution in [2.45, 2.75) is 0 Å². The fourth-order valence-corrected chi connectivity index (χ4v) is 2.59. The molecule has 144 valence electrons. The van der Waals surface area contributed by atoms with Crippen LogP contribution in [0.5, 0.6) is 17.2 Å². The van der Waals surface area contributed by atoms with Crippen LogP contribution in [-0.4, -0.2) is 29.3 Å². The molecule has 3 aromatic rings. The first-order valence-corrected chi connectivity index (χ1v) is 8.20. The van der Waals surface area contributed by atoms with Crippen molar-refractivity contribution in [2.75, 3.05) is 14.2 Å². The quantitative estimate of drug-likeness (QED) is 0.453. The Kier molecular flexibility index (Phi) is 5.46. The highest BCUT2D eigenvalue weighted by molar-refractivity contribution is 6.50. The van der Waals surface area contributed by atoms with E-state index in [1.807, 2.05) is 0 Å². The molecular weight excluding hydrogens is 390 g/mol. The molecule has 0 bridgehead atoms. The van der Waals surface area contributed by atoms with Gasteiger partial charge in [0.05, 0.1) is 19.1 Å². The van der Waals surface area contributed by atoms with Crippen LogP contribution in [0.4, 0.5) is 5.69 Å². The van der Waals surface area contributed by atoms with E-state index in [1.54, 1.807) is 18.2 Å². The minimum Gasteiger partial charge on any atom is -0.868 e. The summed E-state index contributed by atoms with van der Waals surface area (Å²) in [5.41, 5.74) is 0.417. The summed E-state index contributed by atoms with van der Waals surface area (Å²) >= 11 is 6.19. The van der Waals surface area contributed by atoms with Gasteiger partial charge < -0.3 is 19.1 Å². The van der Waals surface area contributed by atoms with Gasteiger partial charge in [-0.25, -0.2) is 0 Å². The molecule has 0 unspecified atom stereocenters. The van der Waals surface area contributed by atoms with Gasteiger partial charge in [0.15, 0.2) is 11.5 Å².